The molecule has 2 unspecified atom stereocenters. The molecule has 0 aliphatic rings. The summed E-state index contributed by atoms with van der Waals surface area (Å²) in [5.41, 5.74) is 4.24. The summed E-state index contributed by atoms with van der Waals surface area (Å²) in [5.74, 6) is 0.520. The summed E-state index contributed by atoms with van der Waals surface area (Å²) >= 11 is 0. The van der Waals surface area contributed by atoms with Crippen molar-refractivity contribution in [2.45, 2.75) is 39.7 Å². The van der Waals surface area contributed by atoms with Crippen LogP contribution < -0.4 is 5.32 Å². The quantitative estimate of drug-likeness (QED) is 0.765. The minimum Gasteiger partial charge on any atom is -0.383 e. The van der Waals surface area contributed by atoms with Gasteiger partial charge in [0.15, 0.2) is 0 Å². The Hall–Kier alpha value is -0.860. The Balaban J connectivity index is 2.68. The average Bonchev–Trinajstić information content (AvgIpc) is 2.32. The van der Waals surface area contributed by atoms with Gasteiger partial charge < -0.3 is 10.1 Å². The van der Waals surface area contributed by atoms with Gasteiger partial charge in [-0.3, -0.25) is 0 Å². The van der Waals surface area contributed by atoms with Gasteiger partial charge in [0.05, 0.1) is 6.61 Å². The molecule has 1 rings (SSSR count). The molecule has 2 heteroatoms. The lowest BCUT2D eigenvalue weighted by Gasteiger charge is -2.24. The molecule has 2 atom stereocenters. The van der Waals surface area contributed by atoms with Crippen molar-refractivity contribution >= 4 is 0 Å². The Kier molecular flexibility index (Phi) is 5.66. The van der Waals surface area contributed by atoms with E-state index in [2.05, 4.69) is 51.2 Å². The maximum absolute atomic E-state index is 5.06. The Morgan fingerprint density at radius 3 is 2.59 bits per heavy atom. The van der Waals surface area contributed by atoms with E-state index < -0.39 is 0 Å². The summed E-state index contributed by atoms with van der Waals surface area (Å²) in [6.07, 6.45) is 0. The molecule has 1 aromatic carbocycles. The predicted octanol–water partition coefficient (Wildman–Crippen LogP) is 3.03. The first-order valence-electron chi connectivity index (χ1n) is 6.36. The van der Waals surface area contributed by atoms with Crippen LogP contribution in [0.25, 0.3) is 0 Å². The monoisotopic (exact) mass is 235 g/mol. The van der Waals surface area contributed by atoms with Gasteiger partial charge in [-0.05, 0) is 43.4 Å². The molecule has 0 amide bonds. The number of methoxy groups -OCH3 is 1. The van der Waals surface area contributed by atoms with E-state index in [9.17, 15) is 0 Å². The van der Waals surface area contributed by atoms with Gasteiger partial charge in [0, 0.05) is 19.7 Å². The van der Waals surface area contributed by atoms with Crippen molar-refractivity contribution < 1.29 is 4.74 Å². The Labute approximate surface area is 105 Å². The molecule has 0 aliphatic heterocycles. The van der Waals surface area contributed by atoms with Crippen LogP contribution in [0.2, 0.25) is 0 Å². The molecule has 0 radical (unpaired) electrons. The SMILES string of the molecule is COCCNC(C)C(C)c1cccc(C)c1C. The summed E-state index contributed by atoms with van der Waals surface area (Å²) in [7, 11) is 1.74. The fourth-order valence-corrected chi connectivity index (χ4v) is 2.10. The number of benzene rings is 1. The zero-order valence-corrected chi connectivity index (χ0v) is 11.7. The zero-order chi connectivity index (χ0) is 12.8. The van der Waals surface area contributed by atoms with Crippen LogP contribution in [0.4, 0.5) is 0 Å². The highest BCUT2D eigenvalue weighted by Crippen LogP contribution is 2.24. The highest BCUT2D eigenvalue weighted by molar-refractivity contribution is 5.36. The number of ether oxygens (including phenoxy) is 1. The second kappa shape index (κ2) is 6.77. The molecule has 17 heavy (non-hydrogen) atoms. The molecule has 0 saturated heterocycles. The maximum Gasteiger partial charge on any atom is 0.0587 e. The first kappa shape index (κ1) is 14.2. The van der Waals surface area contributed by atoms with Gasteiger partial charge in [-0.1, -0.05) is 25.1 Å². The number of hydrogen-bond acceptors (Lipinski definition) is 2. The van der Waals surface area contributed by atoms with E-state index >= 15 is 0 Å². The number of rotatable bonds is 6. The largest absolute Gasteiger partial charge is 0.383 e. The number of aryl methyl sites for hydroxylation is 1. The Bertz CT molecular complexity index is 349. The third-order valence-corrected chi connectivity index (χ3v) is 3.66. The van der Waals surface area contributed by atoms with Gasteiger partial charge in [-0.15, -0.1) is 0 Å². The van der Waals surface area contributed by atoms with E-state index in [4.69, 9.17) is 4.74 Å². The molecule has 0 heterocycles. The van der Waals surface area contributed by atoms with E-state index in [-0.39, 0.29) is 0 Å². The van der Waals surface area contributed by atoms with E-state index in [1.807, 2.05) is 0 Å². The number of hydrogen-bond donors (Lipinski definition) is 1. The van der Waals surface area contributed by atoms with Crippen molar-refractivity contribution in [3.05, 3.63) is 34.9 Å². The average molecular weight is 235 g/mol. The molecule has 1 aromatic rings. The third kappa shape index (κ3) is 3.83. The van der Waals surface area contributed by atoms with Gasteiger partial charge in [-0.2, -0.15) is 0 Å². The second-order valence-electron chi connectivity index (χ2n) is 4.81. The fraction of sp³-hybridized carbons (Fsp3) is 0.600. The third-order valence-electron chi connectivity index (χ3n) is 3.66. The second-order valence-corrected chi connectivity index (χ2v) is 4.81. The predicted molar refractivity (Wildman–Crippen MR) is 73.7 cm³/mol. The molecule has 0 bridgehead atoms. The molecule has 1 N–H and O–H groups in total. The lowest BCUT2D eigenvalue weighted by atomic mass is 9.89. The molecule has 96 valence electrons. The van der Waals surface area contributed by atoms with Crippen LogP contribution in [0.3, 0.4) is 0 Å². The summed E-state index contributed by atoms with van der Waals surface area (Å²) in [4.78, 5) is 0. The van der Waals surface area contributed by atoms with Crippen molar-refractivity contribution in [3.63, 3.8) is 0 Å². The lowest BCUT2D eigenvalue weighted by Crippen LogP contribution is -2.33. The van der Waals surface area contributed by atoms with Gasteiger partial charge in [0.25, 0.3) is 0 Å². The Morgan fingerprint density at radius 2 is 1.94 bits per heavy atom. The molecule has 0 saturated carbocycles. The summed E-state index contributed by atoms with van der Waals surface area (Å²) in [5, 5.41) is 3.50. The first-order valence-corrected chi connectivity index (χ1v) is 6.36. The first-order chi connectivity index (χ1) is 8.07. The van der Waals surface area contributed by atoms with Crippen molar-refractivity contribution in [2.24, 2.45) is 0 Å². The van der Waals surface area contributed by atoms with E-state index in [1.165, 1.54) is 16.7 Å². The van der Waals surface area contributed by atoms with Crippen LogP contribution in [0, 0.1) is 13.8 Å². The van der Waals surface area contributed by atoms with Crippen LogP contribution in [0.15, 0.2) is 18.2 Å². The van der Waals surface area contributed by atoms with E-state index in [0.29, 0.717) is 12.0 Å². The Morgan fingerprint density at radius 1 is 1.24 bits per heavy atom. The van der Waals surface area contributed by atoms with Crippen LogP contribution >= 0.6 is 0 Å². The lowest BCUT2D eigenvalue weighted by molar-refractivity contribution is 0.195. The van der Waals surface area contributed by atoms with Gasteiger partial charge >= 0.3 is 0 Å². The summed E-state index contributed by atoms with van der Waals surface area (Å²) in [6, 6.07) is 7.03. The van der Waals surface area contributed by atoms with Crippen molar-refractivity contribution in [1.82, 2.24) is 5.32 Å². The molecule has 0 fully saturated rings. The van der Waals surface area contributed by atoms with Gasteiger partial charge in [-0.25, -0.2) is 0 Å². The molecular formula is C15H25NO. The van der Waals surface area contributed by atoms with Crippen molar-refractivity contribution in [3.8, 4) is 0 Å². The van der Waals surface area contributed by atoms with E-state index in [0.717, 1.165) is 13.2 Å². The highest BCUT2D eigenvalue weighted by atomic mass is 16.5. The smallest absolute Gasteiger partial charge is 0.0587 e. The standard InChI is InChI=1S/C15H25NO/c1-11-7-6-8-15(12(11)2)13(3)14(4)16-9-10-17-5/h6-8,13-14,16H,9-10H2,1-5H3. The van der Waals surface area contributed by atoms with E-state index in [1.54, 1.807) is 7.11 Å². The minimum atomic E-state index is 0.464. The minimum absolute atomic E-state index is 0.464. The molecule has 0 aliphatic carbocycles. The van der Waals surface area contributed by atoms with Crippen LogP contribution in [0.1, 0.15) is 36.5 Å². The normalized spacial score (nSPS) is 14.6. The van der Waals surface area contributed by atoms with Crippen molar-refractivity contribution in [2.75, 3.05) is 20.3 Å². The molecule has 0 spiro atoms. The topological polar surface area (TPSA) is 21.3 Å². The van der Waals surface area contributed by atoms with Gasteiger partial charge in [0.2, 0.25) is 0 Å². The molecular weight excluding hydrogens is 210 g/mol. The van der Waals surface area contributed by atoms with Gasteiger partial charge in [0.1, 0.15) is 0 Å². The highest BCUT2D eigenvalue weighted by Gasteiger charge is 2.15. The van der Waals surface area contributed by atoms with Crippen LogP contribution in [-0.4, -0.2) is 26.3 Å². The maximum atomic E-state index is 5.06. The van der Waals surface area contributed by atoms with Crippen LogP contribution in [0.5, 0.6) is 0 Å². The molecule has 0 aromatic heterocycles. The fourth-order valence-electron chi connectivity index (χ4n) is 2.10. The summed E-state index contributed by atoms with van der Waals surface area (Å²) < 4.78 is 5.06. The van der Waals surface area contributed by atoms with Crippen molar-refractivity contribution in [1.29, 1.82) is 0 Å². The number of nitrogens with one attached hydrogen (secondary N) is 1. The summed E-state index contributed by atoms with van der Waals surface area (Å²) in [6.45, 7) is 10.6. The molecule has 2 nitrogen and oxygen atoms in total. The zero-order valence-electron chi connectivity index (χ0n) is 11.7. The van der Waals surface area contributed by atoms with Crippen LogP contribution in [-0.2, 0) is 4.74 Å².